The van der Waals surface area contributed by atoms with Crippen molar-refractivity contribution >= 4 is 5.91 Å². The highest BCUT2D eigenvalue weighted by molar-refractivity contribution is 5.82. The summed E-state index contributed by atoms with van der Waals surface area (Å²) in [6, 6.07) is 11.5. The van der Waals surface area contributed by atoms with Crippen molar-refractivity contribution < 1.29 is 71.3 Å². The number of amides is 1. The summed E-state index contributed by atoms with van der Waals surface area (Å²) < 4.78 is 87.3. The van der Waals surface area contributed by atoms with Crippen LogP contribution in [0.2, 0.25) is 0 Å². The van der Waals surface area contributed by atoms with E-state index in [2.05, 4.69) is 5.32 Å². The van der Waals surface area contributed by atoms with Crippen LogP contribution >= 0.6 is 0 Å². The van der Waals surface area contributed by atoms with E-state index in [9.17, 15) is 31.1 Å². The van der Waals surface area contributed by atoms with Crippen molar-refractivity contribution in [3.05, 3.63) is 65.0 Å². The minimum absolute atomic E-state index is 0. The van der Waals surface area contributed by atoms with E-state index < -0.39 is 30.0 Å². The van der Waals surface area contributed by atoms with E-state index in [4.69, 9.17) is 4.74 Å². The SMILES string of the molecule is O=C([C@@H]1C[NH2+]C[C@]12C[NH2+]Cc1c(OCC(F)(F)F)cccc12)N1CC[C@@H](c2ccccc2F)C[C@H]1C1CCC(F)(F)CC1.[Cl-].[Cl-]. The first-order chi connectivity index (χ1) is 20.5. The van der Waals surface area contributed by atoms with Crippen molar-refractivity contribution in [1.82, 2.24) is 4.90 Å². The Morgan fingerprint density at radius 3 is 2.40 bits per heavy atom. The van der Waals surface area contributed by atoms with Crippen LogP contribution in [0.5, 0.6) is 5.75 Å². The van der Waals surface area contributed by atoms with E-state index in [1.807, 2.05) is 16.3 Å². The van der Waals surface area contributed by atoms with Gasteiger partial charge in [0.15, 0.2) is 6.61 Å². The summed E-state index contributed by atoms with van der Waals surface area (Å²) >= 11 is 0. The fraction of sp³-hybridized carbons (Fsp3) is 0.594. The molecule has 3 fully saturated rings. The minimum atomic E-state index is -4.47. The van der Waals surface area contributed by atoms with Crippen LogP contribution in [0.3, 0.4) is 0 Å². The van der Waals surface area contributed by atoms with Gasteiger partial charge < -0.3 is 45.1 Å². The van der Waals surface area contributed by atoms with Gasteiger partial charge in [0.1, 0.15) is 29.4 Å². The Morgan fingerprint density at radius 2 is 1.69 bits per heavy atom. The number of benzene rings is 2. The second-order valence-electron chi connectivity index (χ2n) is 12.9. The molecule has 0 unspecified atom stereocenters. The van der Waals surface area contributed by atoms with Crippen molar-refractivity contribution in [2.45, 2.75) is 74.5 Å². The molecule has 250 valence electrons. The average Bonchev–Trinajstić information content (AvgIpc) is 3.39. The number of quaternary nitrogens is 2. The number of halogens is 8. The van der Waals surface area contributed by atoms with Crippen LogP contribution in [0.4, 0.5) is 26.3 Å². The predicted molar refractivity (Wildman–Crippen MR) is 146 cm³/mol. The lowest BCUT2D eigenvalue weighted by molar-refractivity contribution is -0.691. The first kappa shape index (κ1) is 35.6. The van der Waals surface area contributed by atoms with Crippen LogP contribution in [-0.4, -0.2) is 61.7 Å². The molecule has 45 heavy (non-hydrogen) atoms. The van der Waals surface area contributed by atoms with E-state index in [0.717, 1.165) is 5.56 Å². The zero-order valence-electron chi connectivity index (χ0n) is 24.8. The van der Waals surface area contributed by atoms with Crippen LogP contribution in [-0.2, 0) is 16.8 Å². The van der Waals surface area contributed by atoms with Gasteiger partial charge in [-0.05, 0) is 60.8 Å². The Kier molecular flexibility index (Phi) is 11.0. The molecule has 4 atom stereocenters. The lowest BCUT2D eigenvalue weighted by atomic mass is 9.67. The van der Waals surface area contributed by atoms with Crippen molar-refractivity contribution in [3.63, 3.8) is 0 Å². The van der Waals surface area contributed by atoms with E-state index in [1.54, 1.807) is 30.3 Å². The summed E-state index contributed by atoms with van der Waals surface area (Å²) in [6.45, 7) is 1.24. The molecular weight excluding hydrogens is 643 g/mol. The summed E-state index contributed by atoms with van der Waals surface area (Å²) in [5.74, 6) is -3.49. The number of hydrogen-bond acceptors (Lipinski definition) is 2. The van der Waals surface area contributed by atoms with Crippen LogP contribution in [0, 0.1) is 17.7 Å². The zero-order chi connectivity index (χ0) is 30.4. The third kappa shape index (κ3) is 7.21. The molecule has 0 bridgehead atoms. The molecule has 2 aromatic rings. The molecule has 1 aliphatic carbocycles. The maximum atomic E-state index is 14.8. The predicted octanol–water partition coefficient (Wildman–Crippen LogP) is -2.12. The lowest BCUT2D eigenvalue weighted by Crippen LogP contribution is -3.00. The Labute approximate surface area is 271 Å². The first-order valence-corrected chi connectivity index (χ1v) is 15.4. The lowest BCUT2D eigenvalue weighted by Gasteiger charge is -2.47. The van der Waals surface area contributed by atoms with Crippen LogP contribution in [0.15, 0.2) is 42.5 Å². The molecule has 6 rings (SSSR count). The Hall–Kier alpha value is -2.21. The molecular formula is C32H39Cl2F6N3O2. The number of carbonyl (C=O) groups is 1. The molecule has 2 saturated heterocycles. The van der Waals surface area contributed by atoms with Crippen molar-refractivity contribution in [1.29, 1.82) is 0 Å². The van der Waals surface area contributed by atoms with Crippen molar-refractivity contribution in [2.75, 3.05) is 32.8 Å². The number of nitrogens with zero attached hydrogens (tertiary/aromatic N) is 1. The quantitative estimate of drug-likeness (QED) is 0.355. The molecule has 2 aromatic carbocycles. The number of rotatable bonds is 5. The summed E-state index contributed by atoms with van der Waals surface area (Å²) in [6.07, 6.45) is -3.19. The molecule has 5 nitrogen and oxygen atoms in total. The summed E-state index contributed by atoms with van der Waals surface area (Å²) in [4.78, 5) is 16.5. The molecule has 0 aromatic heterocycles. The van der Waals surface area contributed by atoms with Crippen molar-refractivity contribution in [2.24, 2.45) is 11.8 Å². The van der Waals surface area contributed by atoms with Crippen LogP contribution < -0.4 is 40.2 Å². The number of fused-ring (bicyclic) bond motifs is 2. The number of ether oxygens (including phenoxy) is 1. The van der Waals surface area contributed by atoms with Gasteiger partial charge in [-0.2, -0.15) is 13.2 Å². The average molecular weight is 683 g/mol. The van der Waals surface area contributed by atoms with Gasteiger partial charge in [0.2, 0.25) is 11.8 Å². The molecule has 0 radical (unpaired) electrons. The summed E-state index contributed by atoms with van der Waals surface area (Å²) in [7, 11) is 0. The highest BCUT2D eigenvalue weighted by Gasteiger charge is 2.57. The van der Waals surface area contributed by atoms with E-state index in [1.165, 1.54) is 6.07 Å². The Balaban J connectivity index is 0.00000230. The fourth-order valence-corrected chi connectivity index (χ4v) is 8.31. The van der Waals surface area contributed by atoms with Gasteiger partial charge in [-0.25, -0.2) is 13.2 Å². The molecule has 1 saturated carbocycles. The molecule has 1 amide bonds. The summed E-state index contributed by atoms with van der Waals surface area (Å²) in [5, 5.41) is 4.13. The zero-order valence-corrected chi connectivity index (χ0v) is 26.3. The maximum absolute atomic E-state index is 14.8. The summed E-state index contributed by atoms with van der Waals surface area (Å²) in [5.41, 5.74) is 1.55. The molecule has 1 spiro atoms. The normalized spacial score (nSPS) is 28.1. The largest absolute Gasteiger partial charge is 1.00 e. The molecule has 3 heterocycles. The van der Waals surface area contributed by atoms with E-state index >= 15 is 0 Å². The highest BCUT2D eigenvalue weighted by atomic mass is 35.5. The minimum Gasteiger partial charge on any atom is -1.00 e. The number of likely N-dealkylation sites (tertiary alicyclic amines) is 1. The molecule has 13 heteroatoms. The van der Waals surface area contributed by atoms with Crippen LogP contribution in [0.1, 0.15) is 61.1 Å². The third-order valence-electron chi connectivity index (χ3n) is 10.4. The number of carbonyl (C=O) groups excluding carboxylic acids is 1. The van der Waals surface area contributed by atoms with Gasteiger partial charge in [-0.1, -0.05) is 30.3 Å². The number of hydrogen-bond donors (Lipinski definition) is 2. The van der Waals surface area contributed by atoms with E-state index in [0.29, 0.717) is 69.5 Å². The topological polar surface area (TPSA) is 62.8 Å². The second kappa shape index (κ2) is 13.9. The van der Waals surface area contributed by atoms with Gasteiger partial charge in [0.25, 0.3) is 0 Å². The Morgan fingerprint density at radius 1 is 0.978 bits per heavy atom. The number of nitrogens with two attached hydrogens (primary N) is 2. The first-order valence-electron chi connectivity index (χ1n) is 15.4. The van der Waals surface area contributed by atoms with Gasteiger partial charge in [-0.3, -0.25) is 4.79 Å². The third-order valence-corrected chi connectivity index (χ3v) is 10.4. The smallest absolute Gasteiger partial charge is 0.422 e. The van der Waals surface area contributed by atoms with E-state index in [-0.39, 0.29) is 73.0 Å². The second-order valence-corrected chi connectivity index (χ2v) is 12.9. The fourth-order valence-electron chi connectivity index (χ4n) is 8.31. The van der Waals surface area contributed by atoms with Crippen molar-refractivity contribution in [3.8, 4) is 5.75 Å². The van der Waals surface area contributed by atoms with Gasteiger partial charge >= 0.3 is 6.18 Å². The maximum Gasteiger partial charge on any atom is 0.422 e. The number of alkyl halides is 5. The van der Waals surface area contributed by atoms with Crippen LogP contribution in [0.25, 0.3) is 0 Å². The molecule has 4 N–H and O–H groups in total. The standard InChI is InChI=1S/C32H37F6N3O2.2ClH/c33-26-6-2-1-4-22(26)21-10-13-41(27(14-21)20-8-11-31(34,35)12-9-20)29(42)25-16-40-18-30(25)17-39-15-23-24(30)5-3-7-28(23)43-19-32(36,37)38;;/h1-7,20-21,25,27,39-40H,8-19H2;2*1H/t21-,25+,27+,30+;;/m1../s1. The Bertz CT molecular complexity index is 1340. The molecule has 4 aliphatic rings. The molecule has 3 aliphatic heterocycles. The monoisotopic (exact) mass is 681 g/mol. The van der Waals surface area contributed by atoms with Gasteiger partial charge in [0, 0.05) is 25.4 Å². The van der Waals surface area contributed by atoms with Gasteiger partial charge in [0.05, 0.1) is 25.2 Å². The highest BCUT2D eigenvalue weighted by Crippen LogP contribution is 2.46. The number of piperidine rings is 1. The van der Waals surface area contributed by atoms with Gasteiger partial charge in [-0.15, -0.1) is 0 Å².